The van der Waals surface area contributed by atoms with E-state index in [1.54, 1.807) is 14.2 Å². The van der Waals surface area contributed by atoms with E-state index in [-0.39, 0.29) is 5.91 Å². The van der Waals surface area contributed by atoms with Gasteiger partial charge in [-0.3, -0.25) is 4.79 Å². The number of likely N-dealkylation sites (tertiary alicyclic amines) is 1. The number of nitrogens with zero attached hydrogens (tertiary/aromatic N) is 2. The predicted octanol–water partition coefficient (Wildman–Crippen LogP) is 5.43. The molecule has 0 unspecified atom stereocenters. The summed E-state index contributed by atoms with van der Waals surface area (Å²) in [4.78, 5) is 20.0. The van der Waals surface area contributed by atoms with E-state index in [0.717, 1.165) is 49.1 Å². The molecule has 1 amide bonds. The van der Waals surface area contributed by atoms with Crippen molar-refractivity contribution in [2.24, 2.45) is 5.92 Å². The van der Waals surface area contributed by atoms with Crippen LogP contribution in [0, 0.1) is 5.92 Å². The van der Waals surface area contributed by atoms with Crippen molar-refractivity contribution in [2.75, 3.05) is 32.6 Å². The highest BCUT2D eigenvalue weighted by Gasteiger charge is 2.24. The van der Waals surface area contributed by atoms with Crippen molar-refractivity contribution < 1.29 is 14.3 Å². The number of rotatable bonds is 6. The largest absolute Gasteiger partial charge is 0.493 e. The number of ether oxygens (including phenoxy) is 2. The van der Waals surface area contributed by atoms with Gasteiger partial charge in [-0.1, -0.05) is 26.0 Å². The summed E-state index contributed by atoms with van der Waals surface area (Å²) in [7, 11) is 3.22. The molecule has 168 valence electrons. The minimum atomic E-state index is -0.0291. The third kappa shape index (κ3) is 4.49. The lowest BCUT2D eigenvalue weighted by Crippen LogP contribution is -2.39. The van der Waals surface area contributed by atoms with Crippen LogP contribution in [0.25, 0.3) is 10.9 Å². The normalized spacial score (nSPS) is 16.1. The Morgan fingerprint density at radius 3 is 2.66 bits per heavy atom. The van der Waals surface area contributed by atoms with Gasteiger partial charge in [0.2, 0.25) is 0 Å². The molecule has 4 rings (SSSR count). The Balaban J connectivity index is 1.81. The van der Waals surface area contributed by atoms with Crippen molar-refractivity contribution in [2.45, 2.75) is 33.1 Å². The number of carbonyl (C=O) groups excluding carboxylic acids is 1. The van der Waals surface area contributed by atoms with E-state index in [1.165, 1.54) is 5.56 Å². The van der Waals surface area contributed by atoms with Crippen molar-refractivity contribution in [3.8, 4) is 11.5 Å². The van der Waals surface area contributed by atoms with Crippen LogP contribution in [-0.4, -0.2) is 43.1 Å². The standard InChI is InChI=1S/C26H31N3O3/c1-5-18-9-6-10-19(12-18)27-21-14-23(26(30)29-11-7-8-17(2)16-29)28-22-15-25(32-4)24(31-3)13-20(21)22/h6,9-10,12-15,17H,5,7-8,11,16H2,1-4H3,(H,27,28)/t17-/m0/s1. The minimum absolute atomic E-state index is 0.0291. The number of amides is 1. The third-order valence-electron chi connectivity index (χ3n) is 6.09. The first kappa shape index (κ1) is 21.9. The van der Waals surface area contributed by atoms with Crippen LogP contribution in [0.4, 0.5) is 11.4 Å². The predicted molar refractivity (Wildman–Crippen MR) is 128 cm³/mol. The number of anilines is 2. The molecular weight excluding hydrogens is 402 g/mol. The van der Waals surface area contributed by atoms with Crippen LogP contribution in [0.2, 0.25) is 0 Å². The van der Waals surface area contributed by atoms with Gasteiger partial charge in [-0.15, -0.1) is 0 Å². The quantitative estimate of drug-likeness (QED) is 0.562. The van der Waals surface area contributed by atoms with Crippen LogP contribution >= 0.6 is 0 Å². The molecule has 0 saturated carbocycles. The van der Waals surface area contributed by atoms with Gasteiger partial charge >= 0.3 is 0 Å². The Morgan fingerprint density at radius 1 is 1.16 bits per heavy atom. The number of hydrogen-bond acceptors (Lipinski definition) is 5. The summed E-state index contributed by atoms with van der Waals surface area (Å²) in [5, 5.41) is 4.38. The van der Waals surface area contributed by atoms with Crippen molar-refractivity contribution in [1.82, 2.24) is 9.88 Å². The van der Waals surface area contributed by atoms with E-state index < -0.39 is 0 Å². The Hall–Kier alpha value is -3.28. The average Bonchev–Trinajstić information content (AvgIpc) is 2.82. The molecule has 1 aromatic heterocycles. The molecule has 1 saturated heterocycles. The number of fused-ring (bicyclic) bond motifs is 1. The van der Waals surface area contributed by atoms with Gasteiger partial charge in [0.15, 0.2) is 11.5 Å². The van der Waals surface area contributed by atoms with Crippen molar-refractivity contribution >= 4 is 28.2 Å². The highest BCUT2D eigenvalue weighted by Crippen LogP contribution is 2.36. The smallest absolute Gasteiger partial charge is 0.272 e. The second-order valence-corrected chi connectivity index (χ2v) is 8.46. The molecule has 1 aliphatic rings. The third-order valence-corrected chi connectivity index (χ3v) is 6.09. The van der Waals surface area contributed by atoms with Crippen LogP contribution in [0.1, 0.15) is 42.7 Å². The maximum Gasteiger partial charge on any atom is 0.272 e. The monoisotopic (exact) mass is 433 g/mol. The first-order valence-electron chi connectivity index (χ1n) is 11.2. The van der Waals surface area contributed by atoms with Gasteiger partial charge in [0.05, 0.1) is 25.4 Å². The topological polar surface area (TPSA) is 63.7 Å². The van der Waals surface area contributed by atoms with Crippen LogP contribution in [-0.2, 0) is 6.42 Å². The van der Waals surface area contributed by atoms with Gasteiger partial charge in [-0.05, 0) is 55.0 Å². The number of nitrogens with one attached hydrogen (secondary N) is 1. The summed E-state index contributed by atoms with van der Waals surface area (Å²) < 4.78 is 11.0. The summed E-state index contributed by atoms with van der Waals surface area (Å²) in [5.41, 5.74) is 4.15. The number of aromatic nitrogens is 1. The fraction of sp³-hybridized carbons (Fsp3) is 0.385. The fourth-order valence-corrected chi connectivity index (χ4v) is 4.33. The average molecular weight is 434 g/mol. The van der Waals surface area contributed by atoms with Crippen LogP contribution in [0.3, 0.4) is 0 Å². The molecule has 32 heavy (non-hydrogen) atoms. The van der Waals surface area contributed by atoms with Crippen LogP contribution < -0.4 is 14.8 Å². The zero-order valence-corrected chi connectivity index (χ0v) is 19.3. The number of hydrogen-bond donors (Lipinski definition) is 1. The van der Waals surface area contributed by atoms with E-state index in [9.17, 15) is 4.79 Å². The van der Waals surface area contributed by atoms with Gasteiger partial charge in [-0.25, -0.2) is 4.98 Å². The molecule has 0 bridgehead atoms. The number of pyridine rings is 1. The number of benzene rings is 2. The Bertz CT molecular complexity index is 1130. The molecule has 2 aromatic carbocycles. The molecule has 2 heterocycles. The first-order chi connectivity index (χ1) is 15.5. The molecule has 1 atom stereocenters. The Morgan fingerprint density at radius 2 is 1.94 bits per heavy atom. The van der Waals surface area contributed by atoms with E-state index in [1.807, 2.05) is 35.2 Å². The summed E-state index contributed by atoms with van der Waals surface area (Å²) in [5.74, 6) is 1.68. The van der Waals surface area contributed by atoms with Crippen molar-refractivity contribution in [1.29, 1.82) is 0 Å². The number of methoxy groups -OCH3 is 2. The van der Waals surface area contributed by atoms with Gasteiger partial charge in [0.25, 0.3) is 5.91 Å². The molecule has 1 fully saturated rings. The zero-order chi connectivity index (χ0) is 22.7. The first-order valence-corrected chi connectivity index (χ1v) is 11.2. The van der Waals surface area contributed by atoms with Gasteiger partial charge in [-0.2, -0.15) is 0 Å². The SMILES string of the molecule is CCc1cccc(Nc2cc(C(=O)N3CCC[C@H](C)C3)nc3cc(OC)c(OC)cc23)c1. The Kier molecular flexibility index (Phi) is 6.49. The van der Waals surface area contributed by atoms with E-state index in [4.69, 9.17) is 14.5 Å². The van der Waals surface area contributed by atoms with Gasteiger partial charge in [0, 0.05) is 30.2 Å². The molecule has 3 aromatic rings. The minimum Gasteiger partial charge on any atom is -0.493 e. The van der Waals surface area contributed by atoms with Gasteiger partial charge < -0.3 is 19.7 Å². The summed E-state index contributed by atoms with van der Waals surface area (Å²) in [6.07, 6.45) is 3.14. The molecule has 6 heteroatoms. The highest BCUT2D eigenvalue weighted by atomic mass is 16.5. The van der Waals surface area contributed by atoms with Crippen LogP contribution in [0.5, 0.6) is 11.5 Å². The summed E-state index contributed by atoms with van der Waals surface area (Å²) in [6, 6.07) is 13.9. The van der Waals surface area contributed by atoms with Gasteiger partial charge in [0.1, 0.15) is 5.69 Å². The summed E-state index contributed by atoms with van der Waals surface area (Å²) >= 11 is 0. The lowest BCUT2D eigenvalue weighted by molar-refractivity contribution is 0.0677. The molecular formula is C26H31N3O3. The second-order valence-electron chi connectivity index (χ2n) is 8.46. The second kappa shape index (κ2) is 9.47. The maximum atomic E-state index is 13.4. The van der Waals surface area contributed by atoms with Crippen molar-refractivity contribution in [3.63, 3.8) is 0 Å². The number of piperidine rings is 1. The van der Waals surface area contributed by atoms with E-state index in [0.29, 0.717) is 28.6 Å². The highest BCUT2D eigenvalue weighted by molar-refractivity contribution is 6.01. The molecule has 0 spiro atoms. The van der Waals surface area contributed by atoms with Crippen LogP contribution in [0.15, 0.2) is 42.5 Å². The molecule has 1 aliphatic heterocycles. The Labute approximate surface area is 189 Å². The maximum absolute atomic E-state index is 13.4. The van der Waals surface area contributed by atoms with E-state index >= 15 is 0 Å². The summed E-state index contributed by atoms with van der Waals surface area (Å²) in [6.45, 7) is 5.87. The number of carbonyl (C=O) groups is 1. The van der Waals surface area contributed by atoms with E-state index in [2.05, 4.69) is 31.3 Å². The molecule has 0 radical (unpaired) electrons. The molecule has 6 nitrogen and oxygen atoms in total. The lowest BCUT2D eigenvalue weighted by Gasteiger charge is -2.30. The zero-order valence-electron chi connectivity index (χ0n) is 19.3. The lowest BCUT2D eigenvalue weighted by atomic mass is 10.00. The number of aryl methyl sites for hydroxylation is 1. The molecule has 0 aliphatic carbocycles. The van der Waals surface area contributed by atoms with Crippen molar-refractivity contribution in [3.05, 3.63) is 53.7 Å². The fourth-order valence-electron chi connectivity index (χ4n) is 4.33. The molecule has 1 N–H and O–H groups in total.